The first-order valence-electron chi connectivity index (χ1n) is 4.40. The van der Waals surface area contributed by atoms with Crippen LogP contribution in [0.2, 0.25) is 0 Å². The van der Waals surface area contributed by atoms with E-state index in [2.05, 4.69) is 39.7 Å². The summed E-state index contributed by atoms with van der Waals surface area (Å²) in [6, 6.07) is 3.89. The van der Waals surface area contributed by atoms with Crippen molar-refractivity contribution in [3.05, 3.63) is 24.0 Å². The van der Waals surface area contributed by atoms with E-state index < -0.39 is 0 Å². The van der Waals surface area contributed by atoms with Crippen molar-refractivity contribution in [1.29, 1.82) is 0 Å². The normalized spacial score (nSPS) is 10.8. The minimum Gasteiger partial charge on any atom is -0.257 e. The SMILES string of the molecule is CC(C)c1ccc(-[n+]2nnn[nH]2)cn1. The van der Waals surface area contributed by atoms with Crippen molar-refractivity contribution in [3.8, 4) is 5.69 Å². The summed E-state index contributed by atoms with van der Waals surface area (Å²) in [6.07, 6.45) is 1.74. The van der Waals surface area contributed by atoms with Crippen LogP contribution in [-0.2, 0) is 0 Å². The molecule has 0 atom stereocenters. The van der Waals surface area contributed by atoms with Crippen molar-refractivity contribution in [2.75, 3.05) is 0 Å². The first-order valence-corrected chi connectivity index (χ1v) is 4.40. The zero-order valence-corrected chi connectivity index (χ0v) is 8.05. The van der Waals surface area contributed by atoms with E-state index in [4.69, 9.17) is 0 Å². The fourth-order valence-electron chi connectivity index (χ4n) is 1.12. The topological polar surface area (TPSA) is 71.2 Å². The van der Waals surface area contributed by atoms with Crippen molar-refractivity contribution < 1.29 is 4.80 Å². The van der Waals surface area contributed by atoms with Gasteiger partial charge in [-0.2, -0.15) is 0 Å². The van der Waals surface area contributed by atoms with Crippen molar-refractivity contribution in [3.63, 3.8) is 0 Å². The third-order valence-corrected chi connectivity index (χ3v) is 1.92. The number of hydrogen-bond donors (Lipinski definition) is 1. The Kier molecular flexibility index (Phi) is 2.18. The van der Waals surface area contributed by atoms with Crippen molar-refractivity contribution in [1.82, 2.24) is 25.8 Å². The standard InChI is InChI=1S/C8H10N6/c1-6(2)8-4-3-7(5-9-8)14-12-10-11-13-14/h3-6H,1-2H3/p+1. The maximum Gasteiger partial charge on any atom is 0.231 e. The van der Waals surface area contributed by atoms with Crippen LogP contribution in [0.25, 0.3) is 5.69 Å². The molecular weight excluding hydrogens is 180 g/mol. The molecule has 0 aliphatic rings. The van der Waals surface area contributed by atoms with E-state index in [1.807, 2.05) is 12.1 Å². The van der Waals surface area contributed by atoms with E-state index in [9.17, 15) is 0 Å². The van der Waals surface area contributed by atoms with Crippen LogP contribution in [-0.4, -0.2) is 25.8 Å². The number of aromatic nitrogens is 6. The fourth-order valence-corrected chi connectivity index (χ4v) is 1.12. The molecule has 72 valence electrons. The molecule has 6 heteroatoms. The molecule has 1 N–H and O–H groups in total. The van der Waals surface area contributed by atoms with Crippen LogP contribution in [0.15, 0.2) is 18.3 Å². The highest BCUT2D eigenvalue weighted by Crippen LogP contribution is 2.10. The molecule has 2 aromatic rings. The maximum absolute atomic E-state index is 4.30. The molecule has 6 nitrogen and oxygen atoms in total. The smallest absolute Gasteiger partial charge is 0.231 e. The second-order valence-electron chi connectivity index (χ2n) is 3.29. The minimum atomic E-state index is 0.432. The molecule has 0 saturated carbocycles. The first-order chi connectivity index (χ1) is 6.77. The summed E-state index contributed by atoms with van der Waals surface area (Å²) < 4.78 is 0. The van der Waals surface area contributed by atoms with Crippen LogP contribution in [0.1, 0.15) is 25.5 Å². The van der Waals surface area contributed by atoms with Crippen LogP contribution in [0.3, 0.4) is 0 Å². The third kappa shape index (κ3) is 1.59. The van der Waals surface area contributed by atoms with Crippen molar-refractivity contribution in [2.24, 2.45) is 0 Å². The molecule has 2 heterocycles. The Bertz CT molecular complexity index is 390. The summed E-state index contributed by atoms with van der Waals surface area (Å²) >= 11 is 0. The average Bonchev–Trinajstić information content (AvgIpc) is 2.71. The predicted molar refractivity (Wildman–Crippen MR) is 47.6 cm³/mol. The average molecular weight is 191 g/mol. The molecule has 0 aliphatic heterocycles. The van der Waals surface area contributed by atoms with E-state index in [-0.39, 0.29) is 0 Å². The summed E-state index contributed by atoms with van der Waals surface area (Å²) in [7, 11) is 0. The van der Waals surface area contributed by atoms with Gasteiger partial charge >= 0.3 is 0 Å². The number of H-pyrrole nitrogens is 1. The Labute approximate surface area is 80.9 Å². The molecule has 0 unspecified atom stereocenters. The van der Waals surface area contributed by atoms with Gasteiger partial charge in [0.05, 0.1) is 6.20 Å². The number of nitrogens with zero attached hydrogens (tertiary/aromatic N) is 5. The summed E-state index contributed by atoms with van der Waals surface area (Å²) in [5.74, 6) is 0.432. The highest BCUT2D eigenvalue weighted by Gasteiger charge is 2.07. The third-order valence-electron chi connectivity index (χ3n) is 1.92. The maximum atomic E-state index is 4.30. The molecule has 0 aliphatic carbocycles. The van der Waals surface area contributed by atoms with E-state index >= 15 is 0 Å². The number of pyridine rings is 1. The number of hydrogen-bond acceptors (Lipinski definition) is 4. The van der Waals surface area contributed by atoms with Crippen LogP contribution in [0.4, 0.5) is 0 Å². The lowest BCUT2D eigenvalue weighted by atomic mass is 10.1. The second-order valence-corrected chi connectivity index (χ2v) is 3.29. The van der Waals surface area contributed by atoms with Gasteiger partial charge in [-0.05, 0) is 28.1 Å². The van der Waals surface area contributed by atoms with Gasteiger partial charge in [0.15, 0.2) is 5.69 Å². The van der Waals surface area contributed by atoms with Gasteiger partial charge in [-0.1, -0.05) is 13.8 Å². The molecule has 0 spiro atoms. The highest BCUT2D eigenvalue weighted by molar-refractivity contribution is 5.20. The fraction of sp³-hybridized carbons (Fsp3) is 0.375. The molecule has 0 fully saturated rings. The van der Waals surface area contributed by atoms with Crippen LogP contribution < -0.4 is 4.80 Å². The minimum absolute atomic E-state index is 0.432. The van der Waals surface area contributed by atoms with Gasteiger partial charge in [0.2, 0.25) is 10.4 Å². The molecule has 0 amide bonds. The van der Waals surface area contributed by atoms with Crippen LogP contribution in [0, 0.1) is 0 Å². The van der Waals surface area contributed by atoms with Gasteiger partial charge in [0.25, 0.3) is 0 Å². The number of aromatic amines is 1. The Morgan fingerprint density at radius 3 is 2.71 bits per heavy atom. The molecule has 0 radical (unpaired) electrons. The number of rotatable bonds is 2. The lowest BCUT2D eigenvalue weighted by molar-refractivity contribution is -0.719. The van der Waals surface area contributed by atoms with Crippen molar-refractivity contribution in [2.45, 2.75) is 19.8 Å². The van der Waals surface area contributed by atoms with E-state index in [1.165, 1.54) is 4.80 Å². The zero-order valence-electron chi connectivity index (χ0n) is 8.05. The number of nitrogens with one attached hydrogen (secondary N) is 1. The zero-order chi connectivity index (χ0) is 9.97. The van der Waals surface area contributed by atoms with E-state index in [1.54, 1.807) is 6.20 Å². The Hall–Kier alpha value is -1.85. The van der Waals surface area contributed by atoms with Gasteiger partial charge in [-0.3, -0.25) is 4.98 Å². The summed E-state index contributed by atoms with van der Waals surface area (Å²) in [6.45, 7) is 4.20. The Morgan fingerprint density at radius 2 is 2.21 bits per heavy atom. The van der Waals surface area contributed by atoms with Gasteiger partial charge < -0.3 is 0 Å². The van der Waals surface area contributed by atoms with Gasteiger partial charge in [0.1, 0.15) is 5.21 Å². The molecule has 0 bridgehead atoms. The van der Waals surface area contributed by atoms with Gasteiger partial charge in [-0.25, -0.2) is 0 Å². The molecule has 14 heavy (non-hydrogen) atoms. The van der Waals surface area contributed by atoms with Gasteiger partial charge in [-0.15, -0.1) is 0 Å². The lowest BCUT2D eigenvalue weighted by Gasteiger charge is -2.02. The monoisotopic (exact) mass is 191 g/mol. The van der Waals surface area contributed by atoms with Gasteiger partial charge in [0, 0.05) is 5.69 Å². The van der Waals surface area contributed by atoms with E-state index in [0.717, 1.165) is 11.4 Å². The predicted octanol–water partition coefficient (Wildman–Crippen LogP) is -0.00520. The molecule has 0 saturated heterocycles. The highest BCUT2D eigenvalue weighted by atomic mass is 15.7. The van der Waals surface area contributed by atoms with Crippen LogP contribution in [0.5, 0.6) is 0 Å². The molecule has 0 aromatic carbocycles. The van der Waals surface area contributed by atoms with Crippen molar-refractivity contribution >= 4 is 0 Å². The first kappa shape index (κ1) is 8.74. The summed E-state index contributed by atoms with van der Waals surface area (Å²) in [4.78, 5) is 5.75. The second kappa shape index (κ2) is 3.49. The quantitative estimate of drug-likeness (QED) is 0.678. The molecular formula is C8H11N6+. The lowest BCUT2D eigenvalue weighted by Crippen LogP contribution is -2.36. The molecule has 2 rings (SSSR count). The molecule has 2 aromatic heterocycles. The largest absolute Gasteiger partial charge is 0.257 e. The Morgan fingerprint density at radius 1 is 1.36 bits per heavy atom. The Balaban J connectivity index is 2.31. The summed E-state index contributed by atoms with van der Waals surface area (Å²) in [5, 5.41) is 13.3. The summed E-state index contributed by atoms with van der Waals surface area (Å²) in [5.41, 5.74) is 1.88. The van der Waals surface area contributed by atoms with E-state index in [0.29, 0.717) is 5.92 Å². The van der Waals surface area contributed by atoms with Crippen LogP contribution >= 0.6 is 0 Å².